The Bertz CT molecular complexity index is 986. The van der Waals surface area contributed by atoms with E-state index in [1.165, 1.54) is 11.3 Å². The number of benzene rings is 2. The van der Waals surface area contributed by atoms with Gasteiger partial charge in [0, 0.05) is 18.2 Å². The van der Waals surface area contributed by atoms with Gasteiger partial charge in [0.25, 0.3) is 5.91 Å². The van der Waals surface area contributed by atoms with Crippen LogP contribution in [0.5, 0.6) is 11.5 Å². The average Bonchev–Trinajstić information content (AvgIpc) is 3.08. The van der Waals surface area contributed by atoms with Crippen LogP contribution in [0, 0.1) is 0 Å². The highest BCUT2D eigenvalue weighted by molar-refractivity contribution is 7.22. The van der Waals surface area contributed by atoms with E-state index in [0.29, 0.717) is 29.6 Å². The van der Waals surface area contributed by atoms with Crippen LogP contribution < -0.4 is 20.1 Å². The number of nitrogens with one attached hydrogen (secondary N) is 2. The van der Waals surface area contributed by atoms with Crippen LogP contribution in [0.3, 0.4) is 0 Å². The molecule has 0 radical (unpaired) electrons. The van der Waals surface area contributed by atoms with Crippen molar-refractivity contribution in [1.82, 2.24) is 4.98 Å². The van der Waals surface area contributed by atoms with Crippen LogP contribution in [0.25, 0.3) is 10.2 Å². The van der Waals surface area contributed by atoms with Gasteiger partial charge in [-0.05, 0) is 37.3 Å². The maximum absolute atomic E-state index is 12.2. The van der Waals surface area contributed by atoms with Crippen molar-refractivity contribution in [3.8, 4) is 11.5 Å². The van der Waals surface area contributed by atoms with Crippen LogP contribution in [0.4, 0.5) is 10.8 Å². The summed E-state index contributed by atoms with van der Waals surface area (Å²) < 4.78 is 11.9. The Kier molecular flexibility index (Phi) is 6.44. The average molecular weight is 399 g/mol. The molecule has 0 bridgehead atoms. The van der Waals surface area contributed by atoms with E-state index < -0.39 is 0 Å². The van der Waals surface area contributed by atoms with Crippen molar-refractivity contribution in [1.29, 1.82) is 0 Å². The van der Waals surface area contributed by atoms with Gasteiger partial charge < -0.3 is 14.8 Å². The van der Waals surface area contributed by atoms with Crippen LogP contribution >= 0.6 is 11.3 Å². The van der Waals surface area contributed by atoms with E-state index in [9.17, 15) is 9.59 Å². The van der Waals surface area contributed by atoms with Gasteiger partial charge in [-0.15, -0.1) is 0 Å². The first kappa shape index (κ1) is 19.6. The topological polar surface area (TPSA) is 89.6 Å². The summed E-state index contributed by atoms with van der Waals surface area (Å²) in [4.78, 5) is 28.0. The Hall–Kier alpha value is -3.13. The minimum Gasteiger partial charge on any atom is -0.494 e. The van der Waals surface area contributed by atoms with E-state index in [-0.39, 0.29) is 18.4 Å². The SMILES string of the molecule is CCOc1ccc2nc(NC(=O)COc3cccc(NC(=O)CC)c3)sc2c1. The van der Waals surface area contributed by atoms with Gasteiger partial charge in [0.1, 0.15) is 11.5 Å². The lowest BCUT2D eigenvalue weighted by Crippen LogP contribution is -2.20. The Morgan fingerprint density at radius 2 is 1.82 bits per heavy atom. The zero-order chi connectivity index (χ0) is 19.9. The molecule has 8 heteroatoms. The standard InChI is InChI=1S/C20H21N3O4S/c1-3-18(24)21-13-6-5-7-14(10-13)27-12-19(25)23-20-22-16-9-8-15(26-4-2)11-17(16)28-20/h5-11H,3-4,12H2,1-2H3,(H,21,24)(H,22,23,25). The van der Waals surface area contributed by atoms with Crippen molar-refractivity contribution in [3.63, 3.8) is 0 Å². The Morgan fingerprint density at radius 1 is 1.00 bits per heavy atom. The zero-order valence-corrected chi connectivity index (χ0v) is 16.5. The largest absolute Gasteiger partial charge is 0.494 e. The van der Waals surface area contributed by atoms with Gasteiger partial charge in [0.2, 0.25) is 5.91 Å². The van der Waals surface area contributed by atoms with Crippen LogP contribution in [0.15, 0.2) is 42.5 Å². The van der Waals surface area contributed by atoms with E-state index in [4.69, 9.17) is 9.47 Å². The quantitative estimate of drug-likeness (QED) is 0.596. The molecule has 0 saturated heterocycles. The third-order valence-electron chi connectivity index (χ3n) is 3.73. The first-order chi connectivity index (χ1) is 13.6. The highest BCUT2D eigenvalue weighted by Crippen LogP contribution is 2.29. The van der Waals surface area contributed by atoms with Crippen molar-refractivity contribution in [3.05, 3.63) is 42.5 Å². The number of thiazole rings is 1. The fourth-order valence-corrected chi connectivity index (χ4v) is 3.34. The zero-order valence-electron chi connectivity index (χ0n) is 15.7. The smallest absolute Gasteiger partial charge is 0.264 e. The van der Waals surface area contributed by atoms with Gasteiger partial charge in [-0.1, -0.05) is 24.3 Å². The number of hydrogen-bond acceptors (Lipinski definition) is 6. The fourth-order valence-electron chi connectivity index (χ4n) is 2.43. The second-order valence-corrected chi connectivity index (χ2v) is 6.88. The summed E-state index contributed by atoms with van der Waals surface area (Å²) in [5.41, 5.74) is 1.42. The van der Waals surface area contributed by atoms with Gasteiger partial charge in [-0.3, -0.25) is 14.9 Å². The molecule has 3 rings (SSSR count). The monoisotopic (exact) mass is 399 g/mol. The highest BCUT2D eigenvalue weighted by Gasteiger charge is 2.10. The molecule has 0 spiro atoms. The third kappa shape index (κ3) is 5.20. The summed E-state index contributed by atoms with van der Waals surface area (Å²) >= 11 is 1.37. The van der Waals surface area contributed by atoms with E-state index in [1.54, 1.807) is 31.2 Å². The Morgan fingerprint density at radius 3 is 2.61 bits per heavy atom. The maximum Gasteiger partial charge on any atom is 0.264 e. The summed E-state index contributed by atoms with van der Waals surface area (Å²) in [6.07, 6.45) is 0.391. The number of carbonyl (C=O) groups excluding carboxylic acids is 2. The predicted molar refractivity (Wildman–Crippen MR) is 110 cm³/mol. The summed E-state index contributed by atoms with van der Waals surface area (Å²) in [6, 6.07) is 12.5. The minimum absolute atomic E-state index is 0.0850. The number of nitrogens with zero attached hydrogens (tertiary/aromatic N) is 1. The van der Waals surface area contributed by atoms with Crippen LogP contribution in [-0.2, 0) is 9.59 Å². The highest BCUT2D eigenvalue weighted by atomic mass is 32.1. The molecule has 0 aliphatic rings. The van der Waals surface area contributed by atoms with Crippen molar-refractivity contribution in [2.24, 2.45) is 0 Å². The number of ether oxygens (including phenoxy) is 2. The number of anilines is 2. The van der Waals surface area contributed by atoms with Crippen molar-refractivity contribution in [2.75, 3.05) is 23.8 Å². The molecule has 3 aromatic rings. The molecule has 2 aromatic carbocycles. The van der Waals surface area contributed by atoms with Crippen LogP contribution in [0.2, 0.25) is 0 Å². The second kappa shape index (κ2) is 9.18. The summed E-state index contributed by atoms with van der Waals surface area (Å²) in [5, 5.41) is 5.99. The minimum atomic E-state index is -0.313. The fraction of sp³-hybridized carbons (Fsp3) is 0.250. The first-order valence-electron chi connectivity index (χ1n) is 8.93. The van der Waals surface area contributed by atoms with Crippen molar-refractivity contribution < 1.29 is 19.1 Å². The van der Waals surface area contributed by atoms with Gasteiger partial charge in [0.05, 0.1) is 16.8 Å². The first-order valence-corrected chi connectivity index (χ1v) is 9.75. The summed E-state index contributed by atoms with van der Waals surface area (Å²) in [5.74, 6) is 0.870. The molecule has 0 saturated carbocycles. The molecule has 0 atom stereocenters. The number of carbonyl (C=O) groups is 2. The van der Waals surface area contributed by atoms with Crippen molar-refractivity contribution >= 4 is 44.2 Å². The Balaban J connectivity index is 1.58. The number of amides is 2. The molecule has 7 nitrogen and oxygen atoms in total. The Labute approximate surface area is 166 Å². The maximum atomic E-state index is 12.2. The number of fused-ring (bicyclic) bond motifs is 1. The molecule has 0 aliphatic carbocycles. The van der Waals surface area contributed by atoms with E-state index >= 15 is 0 Å². The summed E-state index contributed by atoms with van der Waals surface area (Å²) in [6.45, 7) is 4.13. The van der Waals surface area contributed by atoms with Gasteiger partial charge in [-0.2, -0.15) is 0 Å². The molecule has 2 N–H and O–H groups in total. The molecular weight excluding hydrogens is 378 g/mol. The molecule has 0 aliphatic heterocycles. The predicted octanol–water partition coefficient (Wildman–Crippen LogP) is 4.06. The van der Waals surface area contributed by atoms with E-state index in [2.05, 4.69) is 15.6 Å². The third-order valence-corrected chi connectivity index (χ3v) is 4.66. The van der Waals surface area contributed by atoms with Crippen LogP contribution in [0.1, 0.15) is 20.3 Å². The number of aromatic nitrogens is 1. The van der Waals surface area contributed by atoms with E-state index in [0.717, 1.165) is 16.0 Å². The second-order valence-electron chi connectivity index (χ2n) is 5.85. The number of rotatable bonds is 8. The molecule has 1 heterocycles. The van der Waals surface area contributed by atoms with Gasteiger partial charge >= 0.3 is 0 Å². The number of hydrogen-bond donors (Lipinski definition) is 2. The molecule has 1 aromatic heterocycles. The molecule has 28 heavy (non-hydrogen) atoms. The van der Waals surface area contributed by atoms with Gasteiger partial charge in [-0.25, -0.2) is 4.98 Å². The van der Waals surface area contributed by atoms with Gasteiger partial charge in [0.15, 0.2) is 11.7 Å². The lowest BCUT2D eigenvalue weighted by atomic mass is 10.3. The molecule has 146 valence electrons. The molecule has 2 amide bonds. The van der Waals surface area contributed by atoms with Crippen molar-refractivity contribution in [2.45, 2.75) is 20.3 Å². The lowest BCUT2D eigenvalue weighted by molar-refractivity contribution is -0.118. The molecular formula is C20H21N3O4S. The lowest BCUT2D eigenvalue weighted by Gasteiger charge is -2.08. The molecule has 0 unspecified atom stereocenters. The van der Waals surface area contributed by atoms with Crippen LogP contribution in [-0.4, -0.2) is 30.0 Å². The van der Waals surface area contributed by atoms with E-state index in [1.807, 2.05) is 25.1 Å². The normalized spacial score (nSPS) is 10.5. The summed E-state index contributed by atoms with van der Waals surface area (Å²) in [7, 11) is 0. The molecule has 0 fully saturated rings.